The van der Waals surface area contributed by atoms with Crippen molar-refractivity contribution in [3.05, 3.63) is 81.8 Å². The highest BCUT2D eigenvalue weighted by atomic mass is 32.2. The topological polar surface area (TPSA) is 52.7 Å². The number of benzene rings is 1. The molecule has 0 aliphatic heterocycles. The lowest BCUT2D eigenvalue weighted by molar-refractivity contribution is 0.102. The molecule has 3 heterocycles. The monoisotopic (exact) mass is 440 g/mol. The van der Waals surface area contributed by atoms with E-state index >= 15 is 0 Å². The summed E-state index contributed by atoms with van der Waals surface area (Å²) < 4.78 is 17.9. The number of nitrogens with zero attached hydrogens (tertiary/aromatic N) is 4. The van der Waals surface area contributed by atoms with E-state index in [9.17, 15) is 9.18 Å². The summed E-state index contributed by atoms with van der Waals surface area (Å²) in [6, 6.07) is 12.6. The van der Waals surface area contributed by atoms with Gasteiger partial charge in [-0.25, -0.2) is 4.39 Å². The Morgan fingerprint density at radius 1 is 1.20 bits per heavy atom. The van der Waals surface area contributed by atoms with Gasteiger partial charge in [-0.15, -0.1) is 21.5 Å². The van der Waals surface area contributed by atoms with Crippen LogP contribution in [0.1, 0.15) is 26.6 Å². The molecule has 1 aromatic carbocycles. The van der Waals surface area contributed by atoms with Crippen LogP contribution in [-0.4, -0.2) is 30.9 Å². The van der Waals surface area contributed by atoms with Gasteiger partial charge in [0.25, 0.3) is 0 Å². The standard InChI is InChI=1S/C22H21FN4OS2/c1-15-12-18(16(2)26(15)10-9-17-6-5-11-29-17)21(28)13-30-22-25-24-14-27(22)20-8-4-3-7-19(20)23/h3-8,11-12,14H,9-10,13H2,1-2H3. The Hall–Kier alpha value is -2.71. The molecule has 0 amide bonds. The minimum atomic E-state index is -0.361. The molecular formula is C22H21FN4OS2. The first kappa shape index (κ1) is 20.6. The number of halogens is 1. The average molecular weight is 441 g/mol. The second kappa shape index (κ2) is 8.97. The summed E-state index contributed by atoms with van der Waals surface area (Å²) in [6.07, 6.45) is 2.41. The van der Waals surface area contributed by atoms with Crippen molar-refractivity contribution in [3.8, 4) is 5.69 Å². The van der Waals surface area contributed by atoms with Gasteiger partial charge in [0.05, 0.1) is 11.4 Å². The number of rotatable bonds is 8. The highest BCUT2D eigenvalue weighted by Gasteiger charge is 2.18. The Morgan fingerprint density at radius 2 is 2.03 bits per heavy atom. The van der Waals surface area contributed by atoms with E-state index in [2.05, 4.69) is 32.3 Å². The van der Waals surface area contributed by atoms with E-state index in [4.69, 9.17) is 0 Å². The fourth-order valence-corrected chi connectivity index (χ4v) is 4.95. The third kappa shape index (κ3) is 4.24. The Labute approximate surface area is 182 Å². The van der Waals surface area contributed by atoms with Gasteiger partial charge in [-0.1, -0.05) is 30.0 Å². The van der Waals surface area contributed by atoms with Crippen LogP contribution < -0.4 is 0 Å². The average Bonchev–Trinajstić information content (AvgIpc) is 3.47. The molecule has 8 heteroatoms. The van der Waals surface area contributed by atoms with Gasteiger partial charge in [-0.3, -0.25) is 9.36 Å². The van der Waals surface area contributed by atoms with Crippen molar-refractivity contribution in [2.75, 3.05) is 5.75 Å². The van der Waals surface area contributed by atoms with E-state index in [1.165, 1.54) is 29.0 Å². The number of para-hydroxylation sites is 1. The highest BCUT2D eigenvalue weighted by molar-refractivity contribution is 7.99. The van der Waals surface area contributed by atoms with Crippen LogP contribution in [0.5, 0.6) is 0 Å². The van der Waals surface area contributed by atoms with Crippen molar-refractivity contribution in [3.63, 3.8) is 0 Å². The van der Waals surface area contributed by atoms with Crippen LogP contribution in [-0.2, 0) is 13.0 Å². The molecule has 30 heavy (non-hydrogen) atoms. The number of ketones is 1. The zero-order valence-corrected chi connectivity index (χ0v) is 18.3. The maximum Gasteiger partial charge on any atom is 0.196 e. The summed E-state index contributed by atoms with van der Waals surface area (Å²) in [4.78, 5) is 14.2. The molecule has 0 aliphatic rings. The summed E-state index contributed by atoms with van der Waals surface area (Å²) >= 11 is 3.01. The molecular weight excluding hydrogens is 419 g/mol. The zero-order valence-electron chi connectivity index (χ0n) is 16.7. The smallest absolute Gasteiger partial charge is 0.196 e. The molecule has 0 radical (unpaired) electrons. The largest absolute Gasteiger partial charge is 0.348 e. The molecule has 0 saturated carbocycles. The predicted octanol–water partition coefficient (Wildman–Crippen LogP) is 5.10. The number of carbonyl (C=O) groups is 1. The first-order chi connectivity index (χ1) is 14.5. The van der Waals surface area contributed by atoms with Crippen LogP contribution >= 0.6 is 23.1 Å². The Bertz CT molecular complexity index is 1160. The van der Waals surface area contributed by atoms with Crippen LogP contribution in [0.4, 0.5) is 4.39 Å². The normalized spacial score (nSPS) is 11.2. The van der Waals surface area contributed by atoms with Crippen molar-refractivity contribution in [1.29, 1.82) is 0 Å². The molecule has 0 saturated heterocycles. The number of aryl methyl sites for hydroxylation is 2. The van der Waals surface area contributed by atoms with Crippen LogP contribution in [0.3, 0.4) is 0 Å². The van der Waals surface area contributed by atoms with Crippen molar-refractivity contribution < 1.29 is 9.18 Å². The molecule has 5 nitrogen and oxygen atoms in total. The van der Waals surface area contributed by atoms with Crippen molar-refractivity contribution >= 4 is 28.9 Å². The van der Waals surface area contributed by atoms with E-state index in [1.807, 2.05) is 19.9 Å². The third-order valence-electron chi connectivity index (χ3n) is 5.00. The number of thiophene rings is 1. The summed E-state index contributed by atoms with van der Waals surface area (Å²) in [7, 11) is 0. The van der Waals surface area contributed by atoms with Gasteiger partial charge in [0.2, 0.25) is 0 Å². The zero-order chi connectivity index (χ0) is 21.1. The third-order valence-corrected chi connectivity index (χ3v) is 6.88. The maximum absolute atomic E-state index is 14.1. The van der Waals surface area contributed by atoms with E-state index in [0.717, 1.165) is 29.9 Å². The molecule has 0 spiro atoms. The van der Waals surface area contributed by atoms with E-state index in [0.29, 0.717) is 10.8 Å². The molecule has 3 aromatic heterocycles. The molecule has 0 bridgehead atoms. The van der Waals surface area contributed by atoms with Crippen molar-refractivity contribution in [2.24, 2.45) is 0 Å². The van der Waals surface area contributed by atoms with Gasteiger partial charge in [-0.05, 0) is 49.9 Å². The summed E-state index contributed by atoms with van der Waals surface area (Å²) in [5, 5.41) is 10.5. The van der Waals surface area contributed by atoms with Gasteiger partial charge < -0.3 is 4.57 Å². The van der Waals surface area contributed by atoms with E-state index < -0.39 is 0 Å². The fourth-order valence-electron chi connectivity index (χ4n) is 3.45. The van der Waals surface area contributed by atoms with Crippen LogP contribution in [0.15, 0.2) is 59.3 Å². The number of carbonyl (C=O) groups excluding carboxylic acids is 1. The van der Waals surface area contributed by atoms with Crippen LogP contribution in [0.25, 0.3) is 5.69 Å². The predicted molar refractivity (Wildman–Crippen MR) is 118 cm³/mol. The minimum absolute atomic E-state index is 0.0264. The van der Waals surface area contributed by atoms with Crippen LogP contribution in [0.2, 0.25) is 0 Å². The molecule has 4 rings (SSSR count). The van der Waals surface area contributed by atoms with Crippen molar-refractivity contribution in [2.45, 2.75) is 32.0 Å². The van der Waals surface area contributed by atoms with Gasteiger partial charge in [-0.2, -0.15) is 0 Å². The van der Waals surface area contributed by atoms with Gasteiger partial charge in [0, 0.05) is 28.4 Å². The summed E-state index contributed by atoms with van der Waals surface area (Å²) in [5.74, 6) is -0.124. The number of Topliss-reactive ketones (excluding diaryl/α,β-unsaturated/α-hetero) is 1. The van der Waals surface area contributed by atoms with E-state index in [1.54, 1.807) is 34.1 Å². The minimum Gasteiger partial charge on any atom is -0.348 e. The van der Waals surface area contributed by atoms with Gasteiger partial charge in [0.1, 0.15) is 12.1 Å². The SMILES string of the molecule is Cc1cc(C(=O)CSc2nncn2-c2ccccc2F)c(C)n1CCc1cccs1. The lowest BCUT2D eigenvalue weighted by Crippen LogP contribution is -2.08. The molecule has 0 aliphatic carbocycles. The lowest BCUT2D eigenvalue weighted by atomic mass is 10.2. The molecule has 0 unspecified atom stereocenters. The Morgan fingerprint density at radius 3 is 2.80 bits per heavy atom. The number of aromatic nitrogens is 4. The maximum atomic E-state index is 14.1. The molecule has 154 valence electrons. The number of hydrogen-bond donors (Lipinski definition) is 0. The quantitative estimate of drug-likeness (QED) is 0.282. The van der Waals surface area contributed by atoms with E-state index in [-0.39, 0.29) is 17.4 Å². The molecule has 4 aromatic rings. The number of hydrogen-bond acceptors (Lipinski definition) is 5. The van der Waals surface area contributed by atoms with Crippen LogP contribution in [0, 0.1) is 19.7 Å². The lowest BCUT2D eigenvalue weighted by Gasteiger charge is -2.09. The van der Waals surface area contributed by atoms with Gasteiger partial charge >= 0.3 is 0 Å². The first-order valence-corrected chi connectivity index (χ1v) is 11.4. The highest BCUT2D eigenvalue weighted by Crippen LogP contribution is 2.24. The summed E-state index contributed by atoms with van der Waals surface area (Å²) in [5.41, 5.74) is 3.14. The molecule has 0 N–H and O–H groups in total. The molecule has 0 atom stereocenters. The Balaban J connectivity index is 1.46. The Kier molecular flexibility index (Phi) is 6.15. The van der Waals surface area contributed by atoms with Gasteiger partial charge in [0.15, 0.2) is 10.9 Å². The number of thioether (sulfide) groups is 1. The second-order valence-electron chi connectivity index (χ2n) is 6.91. The second-order valence-corrected chi connectivity index (χ2v) is 8.89. The van der Waals surface area contributed by atoms with Crippen molar-refractivity contribution in [1.82, 2.24) is 19.3 Å². The molecule has 0 fully saturated rings. The summed E-state index contributed by atoms with van der Waals surface area (Å²) in [6.45, 7) is 4.86. The first-order valence-electron chi connectivity index (χ1n) is 9.54. The fraction of sp³-hybridized carbons (Fsp3) is 0.227.